The molecule has 3 rings (SSSR count). The quantitative estimate of drug-likeness (QED) is 0.183. The molecule has 156 valence electrons. The molecule has 30 heavy (non-hydrogen) atoms. The summed E-state index contributed by atoms with van der Waals surface area (Å²) in [5, 5.41) is 6.94. The number of benzene rings is 2. The SMILES string of the molecule is CCOC(=O)COc1c(I)cc(C=NNc2nc(-c3ccccc3)cs2)cc1OC. The monoisotopic (exact) mass is 537 g/mol. The molecule has 0 bridgehead atoms. The van der Waals surface area contributed by atoms with Gasteiger partial charge < -0.3 is 14.2 Å². The first-order valence-electron chi connectivity index (χ1n) is 9.06. The van der Waals surface area contributed by atoms with Gasteiger partial charge in [-0.3, -0.25) is 5.43 Å². The highest BCUT2D eigenvalue weighted by Gasteiger charge is 2.13. The lowest BCUT2D eigenvalue weighted by Gasteiger charge is -2.13. The summed E-state index contributed by atoms with van der Waals surface area (Å²) < 4.78 is 16.6. The number of nitrogens with zero attached hydrogens (tertiary/aromatic N) is 2. The van der Waals surface area contributed by atoms with E-state index in [1.165, 1.54) is 11.3 Å². The number of thiazole rings is 1. The minimum atomic E-state index is -0.427. The molecule has 0 aliphatic carbocycles. The third-order valence-electron chi connectivity index (χ3n) is 3.84. The molecule has 0 radical (unpaired) electrons. The van der Waals surface area contributed by atoms with Gasteiger partial charge in [0.2, 0.25) is 5.13 Å². The summed E-state index contributed by atoms with van der Waals surface area (Å²) in [4.78, 5) is 16.1. The number of nitrogens with one attached hydrogen (secondary N) is 1. The Morgan fingerprint density at radius 3 is 2.83 bits per heavy atom. The fourth-order valence-electron chi connectivity index (χ4n) is 2.52. The summed E-state index contributed by atoms with van der Waals surface area (Å²) in [5.74, 6) is 0.570. The van der Waals surface area contributed by atoms with Crippen molar-refractivity contribution in [2.45, 2.75) is 6.92 Å². The third-order valence-corrected chi connectivity index (χ3v) is 5.39. The second-order valence-corrected chi connectivity index (χ2v) is 7.92. The number of aromatic nitrogens is 1. The van der Waals surface area contributed by atoms with E-state index in [0.717, 1.165) is 20.4 Å². The number of hydrazone groups is 1. The lowest BCUT2D eigenvalue weighted by Crippen LogP contribution is -2.15. The van der Waals surface area contributed by atoms with Crippen molar-refractivity contribution in [3.8, 4) is 22.8 Å². The van der Waals surface area contributed by atoms with Crippen molar-refractivity contribution in [1.29, 1.82) is 0 Å². The number of ether oxygens (including phenoxy) is 3. The van der Waals surface area contributed by atoms with Gasteiger partial charge in [0.25, 0.3) is 0 Å². The van der Waals surface area contributed by atoms with Crippen molar-refractivity contribution in [3.05, 3.63) is 57.0 Å². The van der Waals surface area contributed by atoms with E-state index < -0.39 is 5.97 Å². The van der Waals surface area contributed by atoms with Crippen LogP contribution in [0.2, 0.25) is 0 Å². The molecule has 0 spiro atoms. The lowest BCUT2D eigenvalue weighted by atomic mass is 10.2. The standard InChI is InChI=1S/C21H20IN3O4S/c1-3-28-19(26)12-29-20-16(22)9-14(10-18(20)27-2)11-23-25-21-24-17(13-30-21)15-7-5-4-6-8-15/h4-11,13H,3,12H2,1-2H3,(H,24,25). The zero-order valence-electron chi connectivity index (χ0n) is 16.4. The molecular weight excluding hydrogens is 517 g/mol. The Bertz CT molecular complexity index is 1020. The van der Waals surface area contributed by atoms with Crippen LogP contribution in [-0.4, -0.2) is 37.5 Å². The fourth-order valence-corrected chi connectivity index (χ4v) is 3.97. The zero-order chi connectivity index (χ0) is 21.3. The second-order valence-electron chi connectivity index (χ2n) is 5.90. The van der Waals surface area contributed by atoms with E-state index in [4.69, 9.17) is 14.2 Å². The van der Waals surface area contributed by atoms with Crippen LogP contribution >= 0.6 is 33.9 Å². The molecule has 2 aromatic carbocycles. The van der Waals surface area contributed by atoms with Crippen LogP contribution in [0.1, 0.15) is 12.5 Å². The third kappa shape index (κ3) is 5.92. The van der Waals surface area contributed by atoms with Crippen LogP contribution in [0.3, 0.4) is 0 Å². The molecule has 1 heterocycles. The smallest absolute Gasteiger partial charge is 0.344 e. The van der Waals surface area contributed by atoms with E-state index >= 15 is 0 Å². The average molecular weight is 537 g/mol. The molecule has 1 aromatic heterocycles. The summed E-state index contributed by atoms with van der Waals surface area (Å²) in [6.07, 6.45) is 1.67. The number of esters is 1. The van der Waals surface area contributed by atoms with E-state index in [2.05, 4.69) is 38.1 Å². The Labute approximate surface area is 192 Å². The summed E-state index contributed by atoms with van der Waals surface area (Å²) in [5.41, 5.74) is 5.72. The minimum Gasteiger partial charge on any atom is -0.493 e. The van der Waals surface area contributed by atoms with Crippen molar-refractivity contribution in [1.82, 2.24) is 4.98 Å². The zero-order valence-corrected chi connectivity index (χ0v) is 19.4. The molecule has 0 saturated heterocycles. The van der Waals surface area contributed by atoms with Gasteiger partial charge in [-0.05, 0) is 47.2 Å². The Balaban J connectivity index is 1.66. The topological polar surface area (TPSA) is 82.0 Å². The maximum atomic E-state index is 11.5. The highest BCUT2D eigenvalue weighted by atomic mass is 127. The molecule has 0 amide bonds. The first-order chi connectivity index (χ1) is 14.6. The number of carbonyl (C=O) groups is 1. The number of hydrogen-bond acceptors (Lipinski definition) is 8. The van der Waals surface area contributed by atoms with Gasteiger partial charge in [0.05, 0.1) is 29.2 Å². The molecule has 0 fully saturated rings. The van der Waals surface area contributed by atoms with Crippen molar-refractivity contribution in [2.75, 3.05) is 25.7 Å². The normalized spacial score (nSPS) is 10.8. The van der Waals surface area contributed by atoms with Crippen molar-refractivity contribution < 1.29 is 19.0 Å². The molecule has 3 aromatic rings. The first kappa shape index (κ1) is 22.0. The number of hydrogen-bond donors (Lipinski definition) is 1. The summed E-state index contributed by atoms with van der Waals surface area (Å²) >= 11 is 3.61. The van der Waals surface area contributed by atoms with Crippen molar-refractivity contribution in [2.24, 2.45) is 5.10 Å². The number of halogens is 1. The van der Waals surface area contributed by atoms with Gasteiger partial charge >= 0.3 is 5.97 Å². The number of carbonyl (C=O) groups excluding carboxylic acids is 1. The van der Waals surface area contributed by atoms with Gasteiger partial charge in [0, 0.05) is 10.9 Å². The second kappa shape index (κ2) is 10.9. The molecule has 7 nitrogen and oxygen atoms in total. The van der Waals surface area contributed by atoms with E-state index in [9.17, 15) is 4.79 Å². The fraction of sp³-hybridized carbons (Fsp3) is 0.190. The van der Waals surface area contributed by atoms with Gasteiger partial charge in [0.15, 0.2) is 18.1 Å². The molecular formula is C21H20IN3O4S. The van der Waals surface area contributed by atoms with Gasteiger partial charge in [-0.15, -0.1) is 11.3 Å². The van der Waals surface area contributed by atoms with Crippen LogP contribution in [0.4, 0.5) is 5.13 Å². The van der Waals surface area contributed by atoms with Crippen LogP contribution in [0, 0.1) is 3.57 Å². The summed E-state index contributed by atoms with van der Waals surface area (Å²) in [7, 11) is 1.54. The maximum Gasteiger partial charge on any atom is 0.344 e. The molecule has 0 saturated carbocycles. The van der Waals surface area contributed by atoms with Crippen LogP contribution in [0.5, 0.6) is 11.5 Å². The summed E-state index contributed by atoms with van der Waals surface area (Å²) in [6, 6.07) is 13.6. The van der Waals surface area contributed by atoms with Crippen molar-refractivity contribution in [3.63, 3.8) is 0 Å². The maximum absolute atomic E-state index is 11.5. The van der Waals surface area contributed by atoms with E-state index in [-0.39, 0.29) is 6.61 Å². The minimum absolute atomic E-state index is 0.178. The highest BCUT2D eigenvalue weighted by Crippen LogP contribution is 2.33. The van der Waals surface area contributed by atoms with Crippen LogP contribution < -0.4 is 14.9 Å². The number of methoxy groups -OCH3 is 1. The van der Waals surface area contributed by atoms with Gasteiger partial charge in [-0.2, -0.15) is 5.10 Å². The molecule has 9 heteroatoms. The number of rotatable bonds is 9. The van der Waals surface area contributed by atoms with Crippen LogP contribution in [0.25, 0.3) is 11.3 Å². The van der Waals surface area contributed by atoms with Crippen LogP contribution in [-0.2, 0) is 9.53 Å². The van der Waals surface area contributed by atoms with E-state index in [1.807, 2.05) is 41.8 Å². The van der Waals surface area contributed by atoms with Crippen LogP contribution in [0.15, 0.2) is 52.9 Å². The Kier molecular flexibility index (Phi) is 8.03. The molecule has 0 aliphatic heterocycles. The summed E-state index contributed by atoms with van der Waals surface area (Å²) in [6.45, 7) is 1.88. The van der Waals surface area contributed by atoms with Crippen molar-refractivity contribution >= 4 is 51.2 Å². The van der Waals surface area contributed by atoms with E-state index in [0.29, 0.717) is 23.2 Å². The lowest BCUT2D eigenvalue weighted by molar-refractivity contribution is -0.145. The van der Waals surface area contributed by atoms with Gasteiger partial charge in [-0.1, -0.05) is 30.3 Å². The molecule has 1 N–H and O–H groups in total. The first-order valence-corrected chi connectivity index (χ1v) is 11.0. The highest BCUT2D eigenvalue weighted by molar-refractivity contribution is 14.1. The Hall–Kier alpha value is -2.66. The Morgan fingerprint density at radius 1 is 1.30 bits per heavy atom. The van der Waals surface area contributed by atoms with E-state index in [1.54, 1.807) is 26.3 Å². The van der Waals surface area contributed by atoms with Gasteiger partial charge in [0.1, 0.15) is 0 Å². The number of anilines is 1. The predicted octanol–water partition coefficient (Wildman–Crippen LogP) is 4.81. The largest absolute Gasteiger partial charge is 0.493 e. The molecule has 0 atom stereocenters. The average Bonchev–Trinajstić information content (AvgIpc) is 3.22. The van der Waals surface area contributed by atoms with Gasteiger partial charge in [-0.25, -0.2) is 9.78 Å². The molecule has 0 unspecified atom stereocenters. The predicted molar refractivity (Wildman–Crippen MR) is 127 cm³/mol. The molecule has 0 aliphatic rings. The Morgan fingerprint density at radius 2 is 2.10 bits per heavy atom.